The standard InChI is InChI=1S/C19H30N4O4/c1-21-19(23-7-5-6-13(12-23)10-17(20)24)22-11-14-8-15(25-2)18(27-4)16(9-14)26-3/h8-9,13H,5-7,10-12H2,1-4H3,(H2,20,24)(H,21,22). The number of rotatable bonds is 7. The van der Waals surface area contributed by atoms with Gasteiger partial charge in [0.1, 0.15) is 0 Å². The lowest BCUT2D eigenvalue weighted by Crippen LogP contribution is -2.46. The second-order valence-corrected chi connectivity index (χ2v) is 6.56. The van der Waals surface area contributed by atoms with E-state index in [4.69, 9.17) is 19.9 Å². The molecule has 27 heavy (non-hydrogen) atoms. The average Bonchev–Trinajstić information content (AvgIpc) is 2.67. The van der Waals surface area contributed by atoms with Gasteiger partial charge < -0.3 is 30.2 Å². The van der Waals surface area contributed by atoms with Crippen LogP contribution in [0.1, 0.15) is 24.8 Å². The first kappa shape index (κ1) is 20.7. The van der Waals surface area contributed by atoms with Crippen molar-refractivity contribution in [3.8, 4) is 17.2 Å². The molecule has 1 unspecified atom stereocenters. The van der Waals surface area contributed by atoms with Crippen LogP contribution in [0.25, 0.3) is 0 Å². The van der Waals surface area contributed by atoms with Crippen molar-refractivity contribution in [3.05, 3.63) is 17.7 Å². The lowest BCUT2D eigenvalue weighted by Gasteiger charge is -2.34. The highest BCUT2D eigenvalue weighted by Crippen LogP contribution is 2.38. The van der Waals surface area contributed by atoms with Gasteiger partial charge >= 0.3 is 0 Å². The van der Waals surface area contributed by atoms with Crippen molar-refractivity contribution < 1.29 is 19.0 Å². The lowest BCUT2D eigenvalue weighted by molar-refractivity contribution is -0.119. The summed E-state index contributed by atoms with van der Waals surface area (Å²) >= 11 is 0. The summed E-state index contributed by atoms with van der Waals surface area (Å²) in [4.78, 5) is 17.8. The predicted octanol–water partition coefficient (Wildman–Crippen LogP) is 1.38. The highest BCUT2D eigenvalue weighted by molar-refractivity contribution is 5.80. The number of nitrogens with zero attached hydrogens (tertiary/aromatic N) is 2. The van der Waals surface area contributed by atoms with Gasteiger partial charge in [0, 0.05) is 33.1 Å². The molecule has 1 aliphatic rings. The van der Waals surface area contributed by atoms with E-state index >= 15 is 0 Å². The molecule has 1 atom stereocenters. The molecule has 1 amide bonds. The van der Waals surface area contributed by atoms with Gasteiger partial charge in [0.25, 0.3) is 0 Å². The third kappa shape index (κ3) is 5.42. The summed E-state index contributed by atoms with van der Waals surface area (Å²) < 4.78 is 16.2. The Morgan fingerprint density at radius 3 is 2.44 bits per heavy atom. The van der Waals surface area contributed by atoms with Crippen molar-refractivity contribution in [2.75, 3.05) is 41.5 Å². The smallest absolute Gasteiger partial charge is 0.217 e. The Hall–Kier alpha value is -2.64. The molecule has 8 heteroatoms. The van der Waals surface area contributed by atoms with Gasteiger partial charge in [0.15, 0.2) is 17.5 Å². The molecule has 1 aromatic carbocycles. The van der Waals surface area contributed by atoms with E-state index in [1.807, 2.05) is 12.1 Å². The van der Waals surface area contributed by atoms with Crippen LogP contribution in [-0.4, -0.2) is 58.2 Å². The quantitative estimate of drug-likeness (QED) is 0.549. The van der Waals surface area contributed by atoms with Crippen molar-refractivity contribution in [2.24, 2.45) is 16.6 Å². The fraction of sp³-hybridized carbons (Fsp3) is 0.579. The van der Waals surface area contributed by atoms with Crippen LogP contribution in [-0.2, 0) is 11.3 Å². The monoisotopic (exact) mass is 378 g/mol. The van der Waals surface area contributed by atoms with Crippen molar-refractivity contribution in [1.29, 1.82) is 0 Å². The van der Waals surface area contributed by atoms with E-state index in [1.165, 1.54) is 0 Å². The number of likely N-dealkylation sites (tertiary alicyclic amines) is 1. The maximum Gasteiger partial charge on any atom is 0.217 e. The Morgan fingerprint density at radius 1 is 1.26 bits per heavy atom. The summed E-state index contributed by atoms with van der Waals surface area (Å²) in [6.45, 7) is 2.24. The van der Waals surface area contributed by atoms with Crippen LogP contribution in [0.3, 0.4) is 0 Å². The first-order chi connectivity index (χ1) is 13.0. The zero-order valence-electron chi connectivity index (χ0n) is 16.6. The Balaban J connectivity index is 2.06. The Kier molecular flexibility index (Phi) is 7.57. The molecule has 0 spiro atoms. The number of guanidine groups is 1. The Bertz CT molecular complexity index is 653. The number of methoxy groups -OCH3 is 3. The number of nitrogens with two attached hydrogens (primary N) is 1. The predicted molar refractivity (Wildman–Crippen MR) is 104 cm³/mol. The second-order valence-electron chi connectivity index (χ2n) is 6.56. The fourth-order valence-corrected chi connectivity index (χ4v) is 3.46. The van der Waals surface area contributed by atoms with E-state index in [9.17, 15) is 4.79 Å². The van der Waals surface area contributed by atoms with Gasteiger partial charge in [0.2, 0.25) is 11.7 Å². The first-order valence-corrected chi connectivity index (χ1v) is 9.05. The molecule has 1 aromatic rings. The molecule has 0 bridgehead atoms. The fourth-order valence-electron chi connectivity index (χ4n) is 3.46. The van der Waals surface area contributed by atoms with Gasteiger partial charge in [-0.15, -0.1) is 0 Å². The van der Waals surface area contributed by atoms with Gasteiger partial charge in [-0.25, -0.2) is 0 Å². The number of hydrogen-bond donors (Lipinski definition) is 2. The number of benzene rings is 1. The molecule has 0 aromatic heterocycles. The van der Waals surface area contributed by atoms with E-state index in [-0.39, 0.29) is 11.8 Å². The molecule has 0 aliphatic carbocycles. The molecule has 1 heterocycles. The third-order valence-electron chi connectivity index (χ3n) is 4.70. The van der Waals surface area contributed by atoms with Gasteiger partial charge in [-0.2, -0.15) is 0 Å². The Morgan fingerprint density at radius 2 is 1.93 bits per heavy atom. The summed E-state index contributed by atoms with van der Waals surface area (Å²) in [6.07, 6.45) is 2.45. The van der Waals surface area contributed by atoms with Crippen LogP contribution in [0.2, 0.25) is 0 Å². The molecule has 150 valence electrons. The minimum Gasteiger partial charge on any atom is -0.493 e. The summed E-state index contributed by atoms with van der Waals surface area (Å²) in [6, 6.07) is 3.82. The zero-order chi connectivity index (χ0) is 19.8. The van der Waals surface area contributed by atoms with Crippen LogP contribution in [0.4, 0.5) is 0 Å². The number of carbonyl (C=O) groups is 1. The normalized spacial score (nSPS) is 17.4. The minimum absolute atomic E-state index is 0.248. The van der Waals surface area contributed by atoms with Crippen LogP contribution >= 0.6 is 0 Å². The lowest BCUT2D eigenvalue weighted by atomic mass is 9.95. The van der Waals surface area contributed by atoms with Gasteiger partial charge in [0.05, 0.1) is 21.3 Å². The number of nitrogens with one attached hydrogen (secondary N) is 1. The first-order valence-electron chi connectivity index (χ1n) is 9.05. The van der Waals surface area contributed by atoms with Crippen LogP contribution in [0.15, 0.2) is 17.1 Å². The highest BCUT2D eigenvalue weighted by atomic mass is 16.5. The number of hydrogen-bond acceptors (Lipinski definition) is 5. The van der Waals surface area contributed by atoms with Crippen molar-refractivity contribution >= 4 is 11.9 Å². The van der Waals surface area contributed by atoms with Gasteiger partial charge in [-0.05, 0) is 36.5 Å². The highest BCUT2D eigenvalue weighted by Gasteiger charge is 2.23. The van der Waals surface area contributed by atoms with E-state index in [1.54, 1.807) is 28.4 Å². The van der Waals surface area contributed by atoms with Crippen molar-refractivity contribution in [2.45, 2.75) is 25.8 Å². The second kappa shape index (κ2) is 9.89. The van der Waals surface area contributed by atoms with E-state index < -0.39 is 0 Å². The van der Waals surface area contributed by atoms with E-state index in [0.717, 1.165) is 37.5 Å². The van der Waals surface area contributed by atoms with E-state index in [0.29, 0.717) is 30.2 Å². The largest absolute Gasteiger partial charge is 0.493 e. The molecular weight excluding hydrogens is 348 g/mol. The SMILES string of the molecule is CN=C(NCc1cc(OC)c(OC)c(OC)c1)N1CCCC(CC(N)=O)C1. The van der Waals surface area contributed by atoms with Crippen molar-refractivity contribution in [3.63, 3.8) is 0 Å². The summed E-state index contributed by atoms with van der Waals surface area (Å²) in [5.74, 6) is 2.63. The molecule has 8 nitrogen and oxygen atoms in total. The number of ether oxygens (including phenoxy) is 3. The molecule has 2 rings (SSSR count). The van der Waals surface area contributed by atoms with Crippen molar-refractivity contribution in [1.82, 2.24) is 10.2 Å². The molecule has 1 aliphatic heterocycles. The van der Waals surface area contributed by atoms with Crippen LogP contribution in [0, 0.1) is 5.92 Å². The number of aliphatic imine (C=N–C) groups is 1. The Labute approximate surface area is 160 Å². The average molecular weight is 378 g/mol. The molecule has 3 N–H and O–H groups in total. The molecule has 1 fully saturated rings. The number of piperidine rings is 1. The maximum absolute atomic E-state index is 11.2. The van der Waals surface area contributed by atoms with Gasteiger partial charge in [-0.1, -0.05) is 0 Å². The zero-order valence-corrected chi connectivity index (χ0v) is 16.6. The van der Waals surface area contributed by atoms with Crippen LogP contribution in [0.5, 0.6) is 17.2 Å². The van der Waals surface area contributed by atoms with E-state index in [2.05, 4.69) is 15.2 Å². The summed E-state index contributed by atoms with van der Waals surface area (Å²) in [5, 5.41) is 3.38. The molecular formula is C19H30N4O4. The minimum atomic E-state index is -0.248. The molecule has 1 saturated heterocycles. The number of carbonyl (C=O) groups excluding carboxylic acids is 1. The van der Waals surface area contributed by atoms with Gasteiger partial charge in [-0.3, -0.25) is 9.79 Å². The maximum atomic E-state index is 11.2. The van der Waals surface area contributed by atoms with Crippen LogP contribution < -0.4 is 25.3 Å². The third-order valence-corrected chi connectivity index (χ3v) is 4.70. The molecule has 0 radical (unpaired) electrons. The number of primary amides is 1. The topological polar surface area (TPSA) is 98.4 Å². The molecule has 0 saturated carbocycles. The summed E-state index contributed by atoms with van der Waals surface area (Å²) in [7, 11) is 6.54. The summed E-state index contributed by atoms with van der Waals surface area (Å²) in [5.41, 5.74) is 6.34. The number of amides is 1.